The molecule has 0 amide bonds. The van der Waals surface area contributed by atoms with E-state index < -0.39 is 11.9 Å². The third kappa shape index (κ3) is 4.79. The molecule has 1 unspecified atom stereocenters. The first-order valence-corrected chi connectivity index (χ1v) is 6.80. The average molecular weight is 284 g/mol. The van der Waals surface area contributed by atoms with Crippen molar-refractivity contribution in [3.05, 3.63) is 34.6 Å². The highest BCUT2D eigenvalue weighted by Crippen LogP contribution is 2.23. The first-order chi connectivity index (χ1) is 9.12. The highest BCUT2D eigenvalue weighted by Gasteiger charge is 2.14. The van der Waals surface area contributed by atoms with E-state index in [0.717, 1.165) is 19.6 Å². The Labute approximate surface area is 119 Å². The van der Waals surface area contributed by atoms with Crippen molar-refractivity contribution in [1.29, 1.82) is 5.26 Å². The fourth-order valence-corrected chi connectivity index (χ4v) is 2.14. The minimum atomic E-state index is -0.510. The van der Waals surface area contributed by atoms with Crippen LogP contribution in [0.4, 0.5) is 4.39 Å². The van der Waals surface area contributed by atoms with Crippen LogP contribution < -0.4 is 5.32 Å². The third-order valence-electron chi connectivity index (χ3n) is 3.07. The van der Waals surface area contributed by atoms with Gasteiger partial charge in [0, 0.05) is 23.7 Å². The molecule has 0 aliphatic carbocycles. The summed E-state index contributed by atoms with van der Waals surface area (Å²) in [6.45, 7) is 7.71. The lowest BCUT2D eigenvalue weighted by atomic mass is 10.1. The molecule has 0 saturated heterocycles. The van der Waals surface area contributed by atoms with Crippen LogP contribution in [0.1, 0.15) is 25.5 Å². The summed E-state index contributed by atoms with van der Waals surface area (Å²) in [6, 6.07) is 5.74. The van der Waals surface area contributed by atoms with Gasteiger partial charge in [-0.2, -0.15) is 5.26 Å². The maximum atomic E-state index is 13.0. The number of benzene rings is 1. The molecule has 0 saturated carbocycles. The Morgan fingerprint density at radius 1 is 1.42 bits per heavy atom. The lowest BCUT2D eigenvalue weighted by molar-refractivity contribution is 0.300. The Hall–Kier alpha value is -1.15. The van der Waals surface area contributed by atoms with Gasteiger partial charge in [0.05, 0.1) is 6.07 Å². The molecule has 0 spiro atoms. The minimum absolute atomic E-state index is 0.280. The van der Waals surface area contributed by atoms with E-state index in [0.29, 0.717) is 12.1 Å². The number of nitriles is 1. The van der Waals surface area contributed by atoms with Crippen LogP contribution in [0, 0.1) is 17.1 Å². The Kier molecular flexibility index (Phi) is 6.79. The fourth-order valence-electron chi connectivity index (χ4n) is 1.87. The smallest absolute Gasteiger partial charge is 0.124 e. The monoisotopic (exact) mass is 283 g/mol. The quantitative estimate of drug-likeness (QED) is 0.836. The summed E-state index contributed by atoms with van der Waals surface area (Å²) in [7, 11) is 0. The van der Waals surface area contributed by atoms with Gasteiger partial charge in [0.2, 0.25) is 0 Å². The molecule has 0 aliphatic rings. The second kappa shape index (κ2) is 8.11. The number of halogens is 2. The molecule has 1 N–H and O–H groups in total. The number of hydrogen-bond acceptors (Lipinski definition) is 3. The second-order valence-electron chi connectivity index (χ2n) is 4.21. The number of hydrogen-bond donors (Lipinski definition) is 1. The van der Waals surface area contributed by atoms with Crippen LogP contribution in [-0.4, -0.2) is 31.1 Å². The number of nitrogens with zero attached hydrogens (tertiary/aromatic N) is 2. The molecule has 1 aromatic rings. The molecule has 5 heteroatoms. The van der Waals surface area contributed by atoms with Crippen molar-refractivity contribution in [1.82, 2.24) is 10.2 Å². The Bertz CT molecular complexity index is 441. The summed E-state index contributed by atoms with van der Waals surface area (Å²) in [6.07, 6.45) is 0. The Balaban J connectivity index is 2.61. The van der Waals surface area contributed by atoms with Gasteiger partial charge in [-0.15, -0.1) is 0 Å². The van der Waals surface area contributed by atoms with Gasteiger partial charge in [0.25, 0.3) is 0 Å². The van der Waals surface area contributed by atoms with E-state index >= 15 is 0 Å². The van der Waals surface area contributed by atoms with Crippen LogP contribution in [0.5, 0.6) is 0 Å². The topological polar surface area (TPSA) is 39.1 Å². The van der Waals surface area contributed by atoms with Crippen molar-refractivity contribution >= 4 is 11.6 Å². The zero-order valence-electron chi connectivity index (χ0n) is 11.3. The highest BCUT2D eigenvalue weighted by atomic mass is 35.5. The van der Waals surface area contributed by atoms with Gasteiger partial charge in [0.1, 0.15) is 11.9 Å². The van der Waals surface area contributed by atoms with Crippen molar-refractivity contribution in [3.63, 3.8) is 0 Å². The predicted octanol–water partition coefficient (Wildman–Crippen LogP) is 2.98. The number of likely N-dealkylation sites (N-methyl/N-ethyl adjacent to an activating group) is 1. The Morgan fingerprint density at radius 3 is 2.63 bits per heavy atom. The second-order valence-corrected chi connectivity index (χ2v) is 4.62. The maximum Gasteiger partial charge on any atom is 0.124 e. The molecular weight excluding hydrogens is 265 g/mol. The van der Waals surface area contributed by atoms with E-state index in [2.05, 4.69) is 30.1 Å². The molecule has 104 valence electrons. The zero-order valence-corrected chi connectivity index (χ0v) is 12.0. The lowest BCUT2D eigenvalue weighted by Crippen LogP contribution is -2.33. The minimum Gasteiger partial charge on any atom is -0.303 e. The summed E-state index contributed by atoms with van der Waals surface area (Å²) in [4.78, 5) is 2.26. The van der Waals surface area contributed by atoms with Crippen LogP contribution in [0.2, 0.25) is 5.02 Å². The van der Waals surface area contributed by atoms with Crippen molar-refractivity contribution in [3.8, 4) is 6.07 Å². The molecule has 0 aromatic heterocycles. The molecule has 19 heavy (non-hydrogen) atoms. The normalized spacial score (nSPS) is 12.4. The van der Waals surface area contributed by atoms with Gasteiger partial charge in [0.15, 0.2) is 0 Å². The van der Waals surface area contributed by atoms with Gasteiger partial charge in [-0.1, -0.05) is 31.5 Å². The van der Waals surface area contributed by atoms with E-state index in [4.69, 9.17) is 11.6 Å². The lowest BCUT2D eigenvalue weighted by Gasteiger charge is -2.20. The van der Waals surface area contributed by atoms with Gasteiger partial charge in [-0.25, -0.2) is 4.39 Å². The van der Waals surface area contributed by atoms with Gasteiger partial charge < -0.3 is 4.90 Å². The molecule has 0 bridgehead atoms. The van der Waals surface area contributed by atoms with Crippen molar-refractivity contribution in [2.24, 2.45) is 0 Å². The fraction of sp³-hybridized carbons (Fsp3) is 0.500. The third-order valence-corrected chi connectivity index (χ3v) is 3.40. The van der Waals surface area contributed by atoms with E-state index in [-0.39, 0.29) is 5.02 Å². The predicted molar refractivity (Wildman–Crippen MR) is 75.6 cm³/mol. The van der Waals surface area contributed by atoms with E-state index in [1.807, 2.05) is 0 Å². The summed E-state index contributed by atoms with van der Waals surface area (Å²) in [5.74, 6) is -0.395. The largest absolute Gasteiger partial charge is 0.303 e. The highest BCUT2D eigenvalue weighted by molar-refractivity contribution is 6.31. The average Bonchev–Trinajstić information content (AvgIpc) is 2.40. The Morgan fingerprint density at radius 2 is 2.11 bits per heavy atom. The van der Waals surface area contributed by atoms with E-state index in [1.165, 1.54) is 12.1 Å². The first-order valence-electron chi connectivity index (χ1n) is 6.42. The SMILES string of the molecule is CCN(CC)CCNC(C#N)c1ccc(F)cc1Cl. The molecule has 0 fully saturated rings. The number of nitrogens with one attached hydrogen (secondary N) is 1. The summed E-state index contributed by atoms with van der Waals surface area (Å²) >= 11 is 5.96. The summed E-state index contributed by atoms with van der Waals surface area (Å²) in [5.41, 5.74) is 0.616. The molecule has 0 radical (unpaired) electrons. The molecule has 0 aliphatic heterocycles. The molecule has 1 rings (SSSR count). The summed E-state index contributed by atoms with van der Waals surface area (Å²) < 4.78 is 13.0. The van der Waals surface area contributed by atoms with Gasteiger partial charge in [-0.05, 0) is 25.2 Å². The first kappa shape index (κ1) is 15.9. The molecule has 3 nitrogen and oxygen atoms in total. The molecule has 1 aromatic carbocycles. The molecular formula is C14H19ClFN3. The number of rotatable bonds is 7. The van der Waals surface area contributed by atoms with Crippen molar-refractivity contribution < 1.29 is 4.39 Å². The molecule has 0 heterocycles. The zero-order chi connectivity index (χ0) is 14.3. The van der Waals surface area contributed by atoms with Crippen LogP contribution in [0.3, 0.4) is 0 Å². The van der Waals surface area contributed by atoms with Crippen molar-refractivity contribution in [2.45, 2.75) is 19.9 Å². The standard InChI is InChI=1S/C14H19ClFN3/c1-3-19(4-2)8-7-18-14(10-17)12-6-5-11(16)9-13(12)15/h5-6,9,14,18H,3-4,7-8H2,1-2H3. The van der Waals surface area contributed by atoms with E-state index in [9.17, 15) is 9.65 Å². The van der Waals surface area contributed by atoms with Crippen LogP contribution in [0.25, 0.3) is 0 Å². The summed E-state index contributed by atoms with van der Waals surface area (Å²) in [5, 5.41) is 12.6. The van der Waals surface area contributed by atoms with Crippen LogP contribution in [-0.2, 0) is 0 Å². The van der Waals surface area contributed by atoms with Gasteiger partial charge in [-0.3, -0.25) is 5.32 Å². The molecule has 1 atom stereocenters. The van der Waals surface area contributed by atoms with Crippen LogP contribution in [0.15, 0.2) is 18.2 Å². The maximum absolute atomic E-state index is 13.0. The van der Waals surface area contributed by atoms with Gasteiger partial charge >= 0.3 is 0 Å². The van der Waals surface area contributed by atoms with Crippen molar-refractivity contribution in [2.75, 3.05) is 26.2 Å². The van der Waals surface area contributed by atoms with Crippen LogP contribution >= 0.6 is 11.6 Å². The van der Waals surface area contributed by atoms with E-state index in [1.54, 1.807) is 6.07 Å².